The number of pyridine rings is 1. The maximum Gasteiger partial charge on any atom is 0.276 e. The van der Waals surface area contributed by atoms with Gasteiger partial charge in [-0.15, -0.1) is 0 Å². The van der Waals surface area contributed by atoms with Crippen LogP contribution in [0.4, 0.5) is 23.0 Å². The molecule has 106 valence electrons. The molecule has 2 N–H and O–H groups in total. The fourth-order valence-electron chi connectivity index (χ4n) is 1.78. The van der Waals surface area contributed by atoms with Crippen LogP contribution in [0.5, 0.6) is 0 Å². The zero-order valence-corrected chi connectivity index (χ0v) is 11.3. The molecular formula is C14H13N5O2. The Morgan fingerprint density at radius 3 is 2.71 bits per heavy atom. The van der Waals surface area contributed by atoms with Gasteiger partial charge in [0, 0.05) is 6.54 Å². The van der Waals surface area contributed by atoms with Crippen molar-refractivity contribution in [3.05, 3.63) is 52.1 Å². The molecular weight excluding hydrogens is 270 g/mol. The summed E-state index contributed by atoms with van der Waals surface area (Å²) in [6.07, 6.45) is 0. The van der Waals surface area contributed by atoms with Crippen molar-refractivity contribution >= 4 is 23.0 Å². The molecule has 1 heterocycles. The van der Waals surface area contributed by atoms with Crippen LogP contribution in [0.3, 0.4) is 0 Å². The molecule has 2 aromatic rings. The highest BCUT2D eigenvalue weighted by Crippen LogP contribution is 2.24. The van der Waals surface area contributed by atoms with Crippen molar-refractivity contribution in [3.8, 4) is 6.07 Å². The molecule has 0 saturated carbocycles. The molecule has 0 unspecified atom stereocenters. The zero-order valence-electron chi connectivity index (χ0n) is 11.3. The Morgan fingerprint density at radius 2 is 2.05 bits per heavy atom. The van der Waals surface area contributed by atoms with Crippen LogP contribution < -0.4 is 10.6 Å². The number of rotatable bonds is 5. The summed E-state index contributed by atoms with van der Waals surface area (Å²) in [4.78, 5) is 14.7. The van der Waals surface area contributed by atoms with Crippen LogP contribution >= 0.6 is 0 Å². The molecule has 0 bridgehead atoms. The third kappa shape index (κ3) is 3.45. The lowest BCUT2D eigenvalue weighted by molar-refractivity contribution is -0.384. The first kappa shape index (κ1) is 14.3. The third-order valence-electron chi connectivity index (χ3n) is 2.69. The van der Waals surface area contributed by atoms with Crippen LogP contribution in [0, 0.1) is 21.4 Å². The second-order valence-corrected chi connectivity index (χ2v) is 4.17. The lowest BCUT2D eigenvalue weighted by atomic mass is 10.2. The number of nitrogens with zero attached hydrogens (tertiary/aromatic N) is 3. The van der Waals surface area contributed by atoms with Crippen molar-refractivity contribution < 1.29 is 4.92 Å². The third-order valence-corrected chi connectivity index (χ3v) is 2.69. The molecule has 0 radical (unpaired) electrons. The molecule has 0 amide bonds. The van der Waals surface area contributed by atoms with Crippen molar-refractivity contribution in [3.63, 3.8) is 0 Å². The van der Waals surface area contributed by atoms with Crippen LogP contribution in [0.15, 0.2) is 36.4 Å². The van der Waals surface area contributed by atoms with Gasteiger partial charge in [0.05, 0.1) is 28.3 Å². The van der Waals surface area contributed by atoms with E-state index in [0.717, 1.165) is 0 Å². The average molecular weight is 283 g/mol. The summed E-state index contributed by atoms with van der Waals surface area (Å²) in [6.45, 7) is 2.47. The van der Waals surface area contributed by atoms with E-state index >= 15 is 0 Å². The van der Waals surface area contributed by atoms with E-state index in [1.54, 1.807) is 24.3 Å². The fraction of sp³-hybridized carbons (Fsp3) is 0.143. The van der Waals surface area contributed by atoms with E-state index in [0.29, 0.717) is 29.4 Å². The summed E-state index contributed by atoms with van der Waals surface area (Å²) >= 11 is 0. The van der Waals surface area contributed by atoms with Crippen LogP contribution in [0.25, 0.3) is 0 Å². The van der Waals surface area contributed by atoms with Gasteiger partial charge in [0.1, 0.15) is 17.7 Å². The van der Waals surface area contributed by atoms with Gasteiger partial charge in [-0.25, -0.2) is 4.98 Å². The van der Waals surface area contributed by atoms with Gasteiger partial charge in [-0.3, -0.25) is 10.1 Å². The SMILES string of the molecule is CCNc1cc([N+](=O)[O-])cc(Nc2ccccc2C#N)n1. The molecule has 0 fully saturated rings. The molecule has 0 atom stereocenters. The molecule has 0 aliphatic rings. The number of para-hydroxylation sites is 1. The minimum Gasteiger partial charge on any atom is -0.370 e. The number of hydrogen-bond acceptors (Lipinski definition) is 6. The van der Waals surface area contributed by atoms with Crippen LogP contribution in [-0.4, -0.2) is 16.5 Å². The number of anilines is 3. The van der Waals surface area contributed by atoms with Gasteiger partial charge in [-0.05, 0) is 19.1 Å². The summed E-state index contributed by atoms with van der Waals surface area (Å²) in [5, 5.41) is 25.9. The smallest absolute Gasteiger partial charge is 0.276 e. The van der Waals surface area contributed by atoms with Crippen LogP contribution in [0.2, 0.25) is 0 Å². The highest BCUT2D eigenvalue weighted by atomic mass is 16.6. The maximum absolute atomic E-state index is 11.0. The van der Waals surface area contributed by atoms with E-state index in [4.69, 9.17) is 5.26 Å². The second-order valence-electron chi connectivity index (χ2n) is 4.17. The van der Waals surface area contributed by atoms with Crippen molar-refractivity contribution in [2.24, 2.45) is 0 Å². The van der Waals surface area contributed by atoms with Gasteiger partial charge in [0.2, 0.25) is 0 Å². The largest absolute Gasteiger partial charge is 0.370 e. The molecule has 21 heavy (non-hydrogen) atoms. The Labute approximate surface area is 121 Å². The highest BCUT2D eigenvalue weighted by Gasteiger charge is 2.12. The monoisotopic (exact) mass is 283 g/mol. The lowest BCUT2D eigenvalue weighted by Gasteiger charge is -2.09. The first-order chi connectivity index (χ1) is 10.1. The second kappa shape index (κ2) is 6.34. The van der Waals surface area contributed by atoms with Crippen molar-refractivity contribution in [1.82, 2.24) is 4.98 Å². The Balaban J connectivity index is 2.39. The van der Waals surface area contributed by atoms with Gasteiger partial charge < -0.3 is 10.6 Å². The summed E-state index contributed by atoms with van der Waals surface area (Å²) in [5.74, 6) is 0.714. The zero-order chi connectivity index (χ0) is 15.2. The summed E-state index contributed by atoms with van der Waals surface area (Å²) in [7, 11) is 0. The number of nitriles is 1. The minimum atomic E-state index is -0.482. The summed E-state index contributed by atoms with van der Waals surface area (Å²) < 4.78 is 0. The molecule has 0 aliphatic carbocycles. The predicted molar refractivity (Wildman–Crippen MR) is 79.5 cm³/mol. The van der Waals surface area contributed by atoms with Crippen LogP contribution in [0.1, 0.15) is 12.5 Å². The van der Waals surface area contributed by atoms with Gasteiger partial charge in [0.15, 0.2) is 0 Å². The Hall–Kier alpha value is -3.14. The predicted octanol–water partition coefficient (Wildman–Crippen LogP) is 3.04. The number of nitrogens with one attached hydrogen (secondary N) is 2. The molecule has 1 aromatic heterocycles. The Morgan fingerprint density at radius 1 is 1.33 bits per heavy atom. The molecule has 7 nitrogen and oxygen atoms in total. The number of nitro groups is 1. The molecule has 0 spiro atoms. The normalized spacial score (nSPS) is 9.71. The number of aromatic nitrogens is 1. The van der Waals surface area contributed by atoms with E-state index in [1.165, 1.54) is 12.1 Å². The van der Waals surface area contributed by atoms with Crippen LogP contribution in [-0.2, 0) is 0 Å². The van der Waals surface area contributed by atoms with E-state index in [-0.39, 0.29) is 5.69 Å². The van der Waals surface area contributed by atoms with Gasteiger partial charge in [-0.1, -0.05) is 12.1 Å². The number of hydrogen-bond donors (Lipinski definition) is 2. The Kier molecular flexibility index (Phi) is 4.31. The maximum atomic E-state index is 11.0. The molecule has 1 aromatic carbocycles. The first-order valence-electron chi connectivity index (χ1n) is 6.30. The minimum absolute atomic E-state index is 0.0714. The van der Waals surface area contributed by atoms with E-state index in [1.807, 2.05) is 6.92 Å². The molecule has 2 rings (SSSR count). The van der Waals surface area contributed by atoms with Gasteiger partial charge in [-0.2, -0.15) is 5.26 Å². The lowest BCUT2D eigenvalue weighted by Crippen LogP contribution is -2.04. The molecule has 7 heteroatoms. The van der Waals surface area contributed by atoms with E-state index < -0.39 is 4.92 Å². The summed E-state index contributed by atoms with van der Waals surface area (Å²) in [6, 6.07) is 11.6. The molecule has 0 saturated heterocycles. The quantitative estimate of drug-likeness (QED) is 0.645. The molecule has 0 aliphatic heterocycles. The Bertz CT molecular complexity index is 709. The number of benzene rings is 1. The van der Waals surface area contributed by atoms with E-state index in [2.05, 4.69) is 21.7 Å². The first-order valence-corrected chi connectivity index (χ1v) is 6.30. The standard InChI is InChI=1S/C14H13N5O2/c1-2-16-13-7-11(19(20)21)8-14(18-13)17-12-6-4-3-5-10(12)9-15/h3-8H,2H2,1H3,(H2,16,17,18). The highest BCUT2D eigenvalue weighted by molar-refractivity contribution is 5.67. The average Bonchev–Trinajstić information content (AvgIpc) is 2.48. The van der Waals surface area contributed by atoms with Crippen molar-refractivity contribution in [1.29, 1.82) is 5.26 Å². The summed E-state index contributed by atoms with van der Waals surface area (Å²) in [5.41, 5.74) is 0.921. The van der Waals surface area contributed by atoms with Crippen molar-refractivity contribution in [2.75, 3.05) is 17.2 Å². The van der Waals surface area contributed by atoms with Crippen molar-refractivity contribution in [2.45, 2.75) is 6.92 Å². The van der Waals surface area contributed by atoms with Gasteiger partial charge in [0.25, 0.3) is 5.69 Å². The van der Waals surface area contributed by atoms with Gasteiger partial charge >= 0.3 is 0 Å². The topological polar surface area (TPSA) is 104 Å². The van der Waals surface area contributed by atoms with E-state index in [9.17, 15) is 10.1 Å². The fourth-order valence-corrected chi connectivity index (χ4v) is 1.78.